The Bertz CT molecular complexity index is 1010. The van der Waals surface area contributed by atoms with Crippen LogP contribution in [0.3, 0.4) is 0 Å². The number of hydrogen-bond donors (Lipinski definition) is 4. The maximum absolute atomic E-state index is 13.2. The average Bonchev–Trinajstić information content (AvgIpc) is 2.90. The van der Waals surface area contributed by atoms with Gasteiger partial charge in [0, 0.05) is 37.8 Å². The molecular weight excluding hydrogens is 503 g/mol. The highest BCUT2D eigenvalue weighted by atomic mass is 31.2. The van der Waals surface area contributed by atoms with Crippen LogP contribution in [0.5, 0.6) is 5.75 Å². The van der Waals surface area contributed by atoms with Gasteiger partial charge >= 0.3 is 7.82 Å². The van der Waals surface area contributed by atoms with E-state index in [1.165, 1.54) is 44.9 Å². The molecule has 0 radical (unpaired) electrons. The molecule has 9 heteroatoms. The first-order valence-electron chi connectivity index (χ1n) is 13.8. The van der Waals surface area contributed by atoms with Crippen LogP contribution < -0.4 is 15.4 Å². The van der Waals surface area contributed by atoms with Crippen LogP contribution in [0.1, 0.15) is 86.2 Å². The van der Waals surface area contributed by atoms with E-state index < -0.39 is 7.82 Å². The predicted octanol–water partition coefficient (Wildman–Crippen LogP) is 6.26. The van der Waals surface area contributed by atoms with Gasteiger partial charge < -0.3 is 25.2 Å². The number of ketones is 1. The lowest BCUT2D eigenvalue weighted by atomic mass is 9.97. The average molecular weight is 549 g/mol. The topological polar surface area (TPSA) is 117 Å². The fourth-order valence-corrected chi connectivity index (χ4v) is 4.54. The van der Waals surface area contributed by atoms with Crippen molar-refractivity contribution in [2.24, 2.45) is 0 Å². The third-order valence-electron chi connectivity index (χ3n) is 6.36. The number of carbonyl (C=O) groups is 1. The molecule has 0 aromatic heterocycles. The predicted molar refractivity (Wildman–Crippen MR) is 153 cm³/mol. The molecule has 0 heterocycles. The normalized spacial score (nSPS) is 11.5. The zero-order valence-electron chi connectivity index (χ0n) is 22.9. The van der Waals surface area contributed by atoms with E-state index in [0.717, 1.165) is 29.0 Å². The molecule has 0 atom stereocenters. The van der Waals surface area contributed by atoms with Crippen LogP contribution in [0.25, 0.3) is 0 Å². The van der Waals surface area contributed by atoms with Crippen LogP contribution in [0.4, 0.5) is 5.69 Å². The third kappa shape index (κ3) is 13.5. The molecule has 0 aliphatic heterocycles. The smallest absolute Gasteiger partial charge is 0.469 e. The number of phosphoric acid groups is 1. The van der Waals surface area contributed by atoms with Gasteiger partial charge in [-0.2, -0.15) is 0 Å². The number of carbonyl (C=O) groups excluding carboxylic acids is 1. The van der Waals surface area contributed by atoms with E-state index in [4.69, 9.17) is 14.5 Å². The number of nitrogens with one attached hydrogen (secondary N) is 2. The minimum Gasteiger partial charge on any atom is -0.494 e. The second-order valence-corrected chi connectivity index (χ2v) is 10.8. The summed E-state index contributed by atoms with van der Waals surface area (Å²) in [6.07, 6.45) is 11.1. The van der Waals surface area contributed by atoms with Crippen molar-refractivity contribution in [1.82, 2.24) is 5.32 Å². The van der Waals surface area contributed by atoms with Crippen LogP contribution in [0.15, 0.2) is 42.5 Å². The zero-order valence-corrected chi connectivity index (χ0v) is 23.8. The Labute approximate surface area is 227 Å². The molecule has 8 nitrogen and oxygen atoms in total. The van der Waals surface area contributed by atoms with E-state index in [0.29, 0.717) is 31.6 Å². The Morgan fingerprint density at radius 1 is 0.947 bits per heavy atom. The van der Waals surface area contributed by atoms with Gasteiger partial charge in [0.25, 0.3) is 0 Å². The van der Waals surface area contributed by atoms with Crippen molar-refractivity contribution in [2.75, 3.05) is 32.1 Å². The van der Waals surface area contributed by atoms with Gasteiger partial charge in [0.1, 0.15) is 5.75 Å². The number of phosphoric ester groups is 1. The van der Waals surface area contributed by atoms with E-state index in [1.807, 2.05) is 42.5 Å². The molecule has 0 aliphatic rings. The Hall–Kier alpha value is -2.22. The highest BCUT2D eigenvalue weighted by Gasteiger charge is 2.15. The third-order valence-corrected chi connectivity index (χ3v) is 6.88. The molecular formula is C29H45N2O6P. The van der Waals surface area contributed by atoms with Crippen molar-refractivity contribution in [1.29, 1.82) is 0 Å². The summed E-state index contributed by atoms with van der Waals surface area (Å²) in [5, 5.41) is 6.15. The van der Waals surface area contributed by atoms with Gasteiger partial charge in [-0.15, -0.1) is 0 Å². The summed E-state index contributed by atoms with van der Waals surface area (Å²) in [6, 6.07) is 13.6. The Morgan fingerprint density at radius 3 is 2.39 bits per heavy atom. The minimum absolute atomic E-state index is 0.0376. The molecule has 0 amide bonds. The van der Waals surface area contributed by atoms with Crippen molar-refractivity contribution >= 4 is 19.3 Å². The first-order valence-corrected chi connectivity index (χ1v) is 15.3. The van der Waals surface area contributed by atoms with E-state index in [9.17, 15) is 9.36 Å². The first kappa shape index (κ1) is 32.0. The second kappa shape index (κ2) is 18.1. The molecule has 38 heavy (non-hydrogen) atoms. The van der Waals surface area contributed by atoms with Crippen LogP contribution in [0, 0.1) is 0 Å². The SMILES string of the molecule is CCCCCCCCCCOc1cccc(CCC(=O)c2cc(NC)ccc2CNCCOP(=O)(O)O)c1. The summed E-state index contributed by atoms with van der Waals surface area (Å²) in [4.78, 5) is 30.7. The van der Waals surface area contributed by atoms with Gasteiger partial charge in [-0.3, -0.25) is 9.32 Å². The summed E-state index contributed by atoms with van der Waals surface area (Å²) in [5.41, 5.74) is 3.36. The molecule has 2 aromatic carbocycles. The fraction of sp³-hybridized carbons (Fsp3) is 0.552. The van der Waals surface area contributed by atoms with E-state index in [-0.39, 0.29) is 18.9 Å². The summed E-state index contributed by atoms with van der Waals surface area (Å²) in [7, 11) is -2.68. The molecule has 0 saturated heterocycles. The maximum Gasteiger partial charge on any atom is 0.469 e. The number of ether oxygens (including phenoxy) is 1. The molecule has 0 aliphatic carbocycles. The molecule has 0 bridgehead atoms. The Kier molecular flexibility index (Phi) is 15.3. The van der Waals surface area contributed by atoms with Crippen molar-refractivity contribution in [3.63, 3.8) is 0 Å². The van der Waals surface area contributed by atoms with E-state index >= 15 is 0 Å². The van der Waals surface area contributed by atoms with Gasteiger partial charge in [-0.1, -0.05) is 70.1 Å². The summed E-state index contributed by atoms with van der Waals surface area (Å²) in [6.45, 7) is 3.46. The molecule has 2 rings (SSSR count). The molecule has 0 fully saturated rings. The van der Waals surface area contributed by atoms with Gasteiger partial charge in [0.15, 0.2) is 5.78 Å². The van der Waals surface area contributed by atoms with Gasteiger partial charge in [-0.05, 0) is 48.2 Å². The van der Waals surface area contributed by atoms with E-state index in [2.05, 4.69) is 22.1 Å². The van der Waals surface area contributed by atoms with Crippen molar-refractivity contribution in [3.8, 4) is 5.75 Å². The lowest BCUT2D eigenvalue weighted by molar-refractivity contribution is 0.0981. The van der Waals surface area contributed by atoms with Gasteiger partial charge in [0.05, 0.1) is 13.2 Å². The number of anilines is 1. The van der Waals surface area contributed by atoms with Gasteiger partial charge in [-0.25, -0.2) is 4.57 Å². The standard InChI is InChI=1S/C29H45N2O6P/c1-3-4-5-6-7-8-9-10-19-36-27-13-11-12-24(21-27)14-17-29(32)28-22-26(30-2)16-15-25(28)23-31-18-20-37-38(33,34)35/h11-13,15-16,21-22,30-31H,3-10,14,17-20,23H2,1-2H3,(H2,33,34,35). The molecule has 0 saturated carbocycles. The number of benzene rings is 2. The molecule has 212 valence electrons. The number of rotatable bonds is 21. The second-order valence-electron chi connectivity index (χ2n) is 9.52. The van der Waals surface area contributed by atoms with Crippen LogP contribution in [-0.4, -0.2) is 42.4 Å². The van der Waals surface area contributed by atoms with E-state index in [1.54, 1.807) is 7.05 Å². The maximum atomic E-state index is 13.2. The zero-order chi connectivity index (χ0) is 27.6. The quantitative estimate of drug-likeness (QED) is 0.0820. The Morgan fingerprint density at radius 2 is 1.68 bits per heavy atom. The summed E-state index contributed by atoms with van der Waals surface area (Å²) in [5.74, 6) is 0.883. The number of aryl methyl sites for hydroxylation is 1. The molecule has 0 spiro atoms. The number of hydrogen-bond acceptors (Lipinski definition) is 6. The number of unbranched alkanes of at least 4 members (excludes halogenated alkanes) is 7. The lowest BCUT2D eigenvalue weighted by Crippen LogP contribution is -2.20. The van der Waals surface area contributed by atoms with Crippen molar-refractivity contribution in [2.45, 2.75) is 77.7 Å². The molecule has 0 unspecified atom stereocenters. The lowest BCUT2D eigenvalue weighted by Gasteiger charge is -2.13. The molecule has 2 aromatic rings. The van der Waals surface area contributed by atoms with Crippen molar-refractivity contribution < 1.29 is 28.4 Å². The minimum atomic E-state index is -4.48. The number of Topliss-reactive ketones (excluding diaryl/α,β-unsaturated/α-hetero) is 1. The monoisotopic (exact) mass is 548 g/mol. The van der Waals surface area contributed by atoms with Crippen LogP contribution in [0.2, 0.25) is 0 Å². The van der Waals surface area contributed by atoms with Crippen LogP contribution in [-0.2, 0) is 22.1 Å². The van der Waals surface area contributed by atoms with Crippen LogP contribution >= 0.6 is 7.82 Å². The summed E-state index contributed by atoms with van der Waals surface area (Å²) >= 11 is 0. The first-order chi connectivity index (χ1) is 18.3. The fourth-order valence-electron chi connectivity index (χ4n) is 4.21. The summed E-state index contributed by atoms with van der Waals surface area (Å²) < 4.78 is 21.2. The largest absolute Gasteiger partial charge is 0.494 e. The highest BCUT2D eigenvalue weighted by Crippen LogP contribution is 2.35. The highest BCUT2D eigenvalue weighted by molar-refractivity contribution is 7.46. The van der Waals surface area contributed by atoms with Crippen molar-refractivity contribution in [3.05, 3.63) is 59.2 Å². The Balaban J connectivity index is 1.81. The molecule has 4 N–H and O–H groups in total. The van der Waals surface area contributed by atoms with Gasteiger partial charge in [0.2, 0.25) is 0 Å².